The number of amides is 1. The predicted octanol–water partition coefficient (Wildman–Crippen LogP) is 4.28. The first kappa shape index (κ1) is 25.1. The Bertz CT molecular complexity index is 1290. The Kier molecular flexibility index (Phi) is 7.80. The summed E-state index contributed by atoms with van der Waals surface area (Å²) < 4.78 is 37.7. The van der Waals surface area contributed by atoms with Crippen LogP contribution in [0.3, 0.4) is 0 Å². The van der Waals surface area contributed by atoms with Crippen LogP contribution in [0.5, 0.6) is 5.75 Å². The van der Waals surface area contributed by atoms with Crippen LogP contribution in [-0.2, 0) is 19.6 Å². The van der Waals surface area contributed by atoms with Gasteiger partial charge in [0.15, 0.2) is 0 Å². The van der Waals surface area contributed by atoms with Gasteiger partial charge in [-0.05, 0) is 73.2 Å². The monoisotopic (exact) mass is 502 g/mol. The second kappa shape index (κ2) is 10.6. The number of rotatable bonds is 8. The van der Waals surface area contributed by atoms with Crippen molar-refractivity contribution < 1.29 is 27.5 Å². The molecular weight excluding hydrogens is 480 g/mol. The predicted molar refractivity (Wildman–Crippen MR) is 130 cm³/mol. The van der Waals surface area contributed by atoms with Gasteiger partial charge in [0.1, 0.15) is 12.3 Å². The third kappa shape index (κ3) is 5.67. The second-order valence-corrected chi connectivity index (χ2v) is 9.53. The quantitative estimate of drug-likeness (QED) is 0.461. The lowest BCUT2D eigenvalue weighted by Gasteiger charge is -2.24. The van der Waals surface area contributed by atoms with E-state index in [1.807, 2.05) is 0 Å². The zero-order valence-electron chi connectivity index (χ0n) is 18.7. The molecule has 0 fully saturated rings. The largest absolute Gasteiger partial charge is 0.497 e. The van der Waals surface area contributed by atoms with Crippen LogP contribution in [0.2, 0.25) is 5.02 Å². The molecule has 34 heavy (non-hydrogen) atoms. The topological polar surface area (TPSA) is 102 Å². The number of ether oxygens (including phenoxy) is 2. The summed E-state index contributed by atoms with van der Waals surface area (Å²) in [5.74, 6) is -0.659. The SMILES string of the molecule is COC(=O)c1ccc(C)c(NC(=O)CN(c2ccc(Cl)cc2)S(=O)(=O)c2ccc(OC)cc2)c1. The fraction of sp³-hybridized carbons (Fsp3) is 0.167. The van der Waals surface area contributed by atoms with Crippen LogP contribution >= 0.6 is 11.6 Å². The lowest BCUT2D eigenvalue weighted by Crippen LogP contribution is -2.38. The van der Waals surface area contributed by atoms with Crippen molar-refractivity contribution in [2.24, 2.45) is 0 Å². The molecule has 1 N–H and O–H groups in total. The molecule has 0 bridgehead atoms. The number of esters is 1. The number of nitrogens with zero attached hydrogens (tertiary/aromatic N) is 1. The van der Waals surface area contributed by atoms with Gasteiger partial charge in [-0.15, -0.1) is 0 Å². The molecule has 0 aliphatic rings. The molecule has 3 rings (SSSR count). The minimum absolute atomic E-state index is 0.0140. The van der Waals surface area contributed by atoms with E-state index in [0.717, 1.165) is 4.31 Å². The third-order valence-electron chi connectivity index (χ3n) is 4.98. The number of hydrogen-bond donors (Lipinski definition) is 1. The van der Waals surface area contributed by atoms with Gasteiger partial charge < -0.3 is 14.8 Å². The smallest absolute Gasteiger partial charge is 0.337 e. The summed E-state index contributed by atoms with van der Waals surface area (Å²) >= 11 is 5.96. The normalized spacial score (nSPS) is 10.9. The molecule has 0 aliphatic heterocycles. The zero-order valence-corrected chi connectivity index (χ0v) is 20.3. The van der Waals surface area contributed by atoms with E-state index in [4.69, 9.17) is 21.1 Å². The fourth-order valence-electron chi connectivity index (χ4n) is 3.12. The first-order valence-corrected chi connectivity index (χ1v) is 11.9. The summed E-state index contributed by atoms with van der Waals surface area (Å²) in [5, 5.41) is 3.11. The summed E-state index contributed by atoms with van der Waals surface area (Å²) in [7, 11) is -1.38. The van der Waals surface area contributed by atoms with E-state index in [1.54, 1.807) is 19.1 Å². The van der Waals surface area contributed by atoms with Crippen molar-refractivity contribution in [2.45, 2.75) is 11.8 Å². The molecule has 0 aliphatic carbocycles. The molecule has 0 aromatic heterocycles. The van der Waals surface area contributed by atoms with Crippen molar-refractivity contribution >= 4 is 44.9 Å². The molecular formula is C24H23ClN2O6S. The molecule has 0 radical (unpaired) electrons. The standard InChI is InChI=1S/C24H23ClN2O6S/c1-16-4-5-17(24(29)33-3)14-22(16)26-23(28)15-27(19-8-6-18(25)7-9-19)34(30,31)21-12-10-20(32-2)11-13-21/h4-14H,15H2,1-3H3,(H,26,28). The maximum atomic E-state index is 13.5. The number of nitrogens with one attached hydrogen (secondary N) is 1. The Morgan fingerprint density at radius 2 is 1.62 bits per heavy atom. The summed E-state index contributed by atoms with van der Waals surface area (Å²) in [6, 6.07) is 16.7. The minimum Gasteiger partial charge on any atom is -0.497 e. The van der Waals surface area contributed by atoms with Crippen molar-refractivity contribution in [3.8, 4) is 5.75 Å². The molecule has 0 unspecified atom stereocenters. The van der Waals surface area contributed by atoms with Gasteiger partial charge in [-0.3, -0.25) is 9.10 Å². The van der Waals surface area contributed by atoms with E-state index < -0.39 is 28.4 Å². The summed E-state index contributed by atoms with van der Waals surface area (Å²) in [4.78, 5) is 24.8. The number of halogens is 1. The lowest BCUT2D eigenvalue weighted by atomic mass is 10.1. The van der Waals surface area contributed by atoms with Gasteiger partial charge in [0, 0.05) is 10.7 Å². The number of hydrogen-bond acceptors (Lipinski definition) is 6. The van der Waals surface area contributed by atoms with Crippen LogP contribution in [0.15, 0.2) is 71.6 Å². The highest BCUT2D eigenvalue weighted by atomic mass is 35.5. The molecule has 1 amide bonds. The van der Waals surface area contributed by atoms with Gasteiger partial charge in [-0.2, -0.15) is 0 Å². The molecule has 0 heterocycles. The summed E-state index contributed by atoms with van der Waals surface area (Å²) in [6.45, 7) is 1.24. The maximum absolute atomic E-state index is 13.5. The van der Waals surface area contributed by atoms with Crippen LogP contribution in [0, 0.1) is 6.92 Å². The summed E-state index contributed by atoms with van der Waals surface area (Å²) in [5.41, 5.74) is 1.57. The first-order chi connectivity index (χ1) is 16.1. The highest BCUT2D eigenvalue weighted by Gasteiger charge is 2.27. The van der Waals surface area contributed by atoms with Gasteiger partial charge in [-0.25, -0.2) is 13.2 Å². The van der Waals surface area contributed by atoms with Gasteiger partial charge in [0.25, 0.3) is 10.0 Å². The van der Waals surface area contributed by atoms with Crippen molar-refractivity contribution in [1.82, 2.24) is 0 Å². The highest BCUT2D eigenvalue weighted by molar-refractivity contribution is 7.92. The lowest BCUT2D eigenvalue weighted by molar-refractivity contribution is -0.114. The fourth-order valence-corrected chi connectivity index (χ4v) is 4.67. The molecule has 8 nitrogen and oxygen atoms in total. The molecule has 0 saturated heterocycles. The van der Waals surface area contributed by atoms with Crippen LogP contribution in [0.25, 0.3) is 0 Å². The molecule has 0 saturated carbocycles. The number of carbonyl (C=O) groups is 2. The van der Waals surface area contributed by atoms with Crippen LogP contribution in [-0.4, -0.2) is 41.1 Å². The summed E-state index contributed by atoms with van der Waals surface area (Å²) in [6.07, 6.45) is 0. The Morgan fingerprint density at radius 3 is 2.21 bits per heavy atom. The van der Waals surface area contributed by atoms with Crippen LogP contribution < -0.4 is 14.4 Å². The Morgan fingerprint density at radius 1 is 0.971 bits per heavy atom. The van der Waals surface area contributed by atoms with Crippen LogP contribution in [0.4, 0.5) is 11.4 Å². The Hall–Kier alpha value is -3.56. The maximum Gasteiger partial charge on any atom is 0.337 e. The van der Waals surface area contributed by atoms with Crippen molar-refractivity contribution in [3.63, 3.8) is 0 Å². The number of carbonyl (C=O) groups excluding carboxylic acids is 2. The van der Waals surface area contributed by atoms with E-state index in [2.05, 4.69) is 5.32 Å². The van der Waals surface area contributed by atoms with Gasteiger partial charge in [0.2, 0.25) is 5.91 Å². The molecule has 10 heteroatoms. The Labute approximate surface area is 203 Å². The van der Waals surface area contributed by atoms with Crippen molar-refractivity contribution in [1.29, 1.82) is 0 Å². The first-order valence-electron chi connectivity index (χ1n) is 10.1. The second-order valence-electron chi connectivity index (χ2n) is 7.23. The van der Waals surface area contributed by atoms with Crippen LogP contribution in [0.1, 0.15) is 15.9 Å². The number of aryl methyl sites for hydroxylation is 1. The number of sulfonamides is 1. The van der Waals surface area contributed by atoms with E-state index in [9.17, 15) is 18.0 Å². The number of methoxy groups -OCH3 is 2. The average molecular weight is 503 g/mol. The van der Waals surface area contributed by atoms with Gasteiger partial charge in [0.05, 0.1) is 30.4 Å². The Balaban J connectivity index is 1.94. The minimum atomic E-state index is -4.12. The van der Waals surface area contributed by atoms with E-state index in [-0.39, 0.29) is 16.1 Å². The van der Waals surface area contributed by atoms with E-state index in [1.165, 1.54) is 68.8 Å². The van der Waals surface area contributed by atoms with Gasteiger partial charge in [-0.1, -0.05) is 17.7 Å². The molecule has 3 aromatic carbocycles. The van der Waals surface area contributed by atoms with E-state index >= 15 is 0 Å². The number of benzene rings is 3. The van der Waals surface area contributed by atoms with Crippen molar-refractivity contribution in [3.05, 3.63) is 82.9 Å². The zero-order chi connectivity index (χ0) is 24.9. The molecule has 3 aromatic rings. The highest BCUT2D eigenvalue weighted by Crippen LogP contribution is 2.27. The molecule has 178 valence electrons. The van der Waals surface area contributed by atoms with E-state index in [0.29, 0.717) is 22.0 Å². The van der Waals surface area contributed by atoms with Gasteiger partial charge >= 0.3 is 5.97 Å². The third-order valence-corrected chi connectivity index (χ3v) is 7.02. The van der Waals surface area contributed by atoms with Crippen molar-refractivity contribution in [2.75, 3.05) is 30.4 Å². The average Bonchev–Trinajstić information content (AvgIpc) is 2.84. The molecule has 0 atom stereocenters. The molecule has 0 spiro atoms. The number of anilines is 2.